The monoisotopic (exact) mass is 367 g/mol. The molecule has 5 nitrogen and oxygen atoms in total. The quantitative estimate of drug-likeness (QED) is 0.822. The minimum atomic E-state index is 0.143. The van der Waals surface area contributed by atoms with Gasteiger partial charge in [-0.25, -0.2) is 0 Å². The number of amides is 2. The van der Waals surface area contributed by atoms with Gasteiger partial charge in [0.05, 0.1) is 0 Å². The molecule has 1 aromatic carbocycles. The molecule has 5 rings (SSSR count). The Labute approximate surface area is 161 Å². The number of benzene rings is 1. The van der Waals surface area contributed by atoms with E-state index in [0.717, 1.165) is 57.3 Å². The Bertz CT molecular complexity index is 737. The maximum atomic E-state index is 12.9. The maximum Gasteiger partial charge on any atom is 0.227 e. The average Bonchev–Trinajstić information content (AvgIpc) is 3.34. The largest absolute Gasteiger partial charge is 0.340 e. The van der Waals surface area contributed by atoms with Crippen molar-refractivity contribution in [2.75, 3.05) is 37.6 Å². The first kappa shape index (κ1) is 17.2. The van der Waals surface area contributed by atoms with E-state index in [0.29, 0.717) is 18.2 Å². The Hall–Kier alpha value is -1.88. The third kappa shape index (κ3) is 3.27. The predicted molar refractivity (Wildman–Crippen MR) is 105 cm³/mol. The van der Waals surface area contributed by atoms with Crippen molar-refractivity contribution in [2.24, 2.45) is 5.92 Å². The third-order valence-electron chi connectivity index (χ3n) is 7.01. The summed E-state index contributed by atoms with van der Waals surface area (Å²) in [6, 6.07) is 9.10. The zero-order chi connectivity index (χ0) is 18.4. The molecule has 0 aromatic heterocycles. The molecule has 0 unspecified atom stereocenters. The van der Waals surface area contributed by atoms with Crippen LogP contribution in [-0.2, 0) is 9.59 Å². The Kier molecular flexibility index (Phi) is 4.43. The van der Waals surface area contributed by atoms with Gasteiger partial charge in [-0.2, -0.15) is 0 Å². The minimum Gasteiger partial charge on any atom is -0.340 e. The SMILES string of the molecule is O=C([C@H]1C[C@@H]1c1cccc(N2CCCC2=O)c1)N1CCN(C2CCC2)CC1. The van der Waals surface area contributed by atoms with Crippen molar-refractivity contribution in [1.29, 1.82) is 0 Å². The standard InChI is InChI=1S/C22H29N3O2/c26-21-8-3-9-25(21)18-7-1-4-16(14-18)19-15-20(19)22(27)24-12-10-23(11-13-24)17-5-2-6-17/h1,4,7,14,17,19-20H,2-3,5-6,8-13,15H2/t19-,20+/m1/s1. The van der Waals surface area contributed by atoms with E-state index in [2.05, 4.69) is 21.9 Å². The lowest BCUT2D eigenvalue weighted by Crippen LogP contribution is -2.53. The van der Waals surface area contributed by atoms with Gasteiger partial charge in [0.25, 0.3) is 0 Å². The van der Waals surface area contributed by atoms with Crippen LogP contribution in [0.3, 0.4) is 0 Å². The van der Waals surface area contributed by atoms with Crippen molar-refractivity contribution >= 4 is 17.5 Å². The molecular formula is C22H29N3O2. The van der Waals surface area contributed by atoms with Crippen molar-refractivity contribution < 1.29 is 9.59 Å². The summed E-state index contributed by atoms with van der Waals surface area (Å²) in [4.78, 5) is 31.5. The molecule has 1 aromatic rings. The first-order valence-corrected chi connectivity index (χ1v) is 10.6. The second kappa shape index (κ2) is 6.93. The van der Waals surface area contributed by atoms with E-state index in [9.17, 15) is 9.59 Å². The second-order valence-corrected chi connectivity index (χ2v) is 8.64. The maximum absolute atomic E-state index is 12.9. The van der Waals surface area contributed by atoms with Gasteiger partial charge in [0.2, 0.25) is 11.8 Å². The molecule has 4 fully saturated rings. The van der Waals surface area contributed by atoms with Crippen LogP contribution in [0.25, 0.3) is 0 Å². The van der Waals surface area contributed by atoms with Crippen molar-refractivity contribution in [2.45, 2.75) is 50.5 Å². The predicted octanol–water partition coefficient (Wildman–Crippen LogP) is 2.61. The van der Waals surface area contributed by atoms with Crippen LogP contribution >= 0.6 is 0 Å². The molecule has 2 amide bonds. The van der Waals surface area contributed by atoms with E-state index in [1.54, 1.807) is 0 Å². The van der Waals surface area contributed by atoms with Gasteiger partial charge in [-0.1, -0.05) is 18.6 Å². The number of piperazine rings is 1. The number of carbonyl (C=O) groups is 2. The number of rotatable bonds is 4. The van der Waals surface area contributed by atoms with Crippen molar-refractivity contribution in [3.63, 3.8) is 0 Å². The molecule has 2 saturated heterocycles. The van der Waals surface area contributed by atoms with Crippen LogP contribution in [0.4, 0.5) is 5.69 Å². The zero-order valence-electron chi connectivity index (χ0n) is 16.0. The fraction of sp³-hybridized carbons (Fsp3) is 0.636. The summed E-state index contributed by atoms with van der Waals surface area (Å²) in [7, 11) is 0. The molecule has 2 heterocycles. The molecule has 5 heteroatoms. The minimum absolute atomic E-state index is 0.143. The van der Waals surface area contributed by atoms with E-state index in [1.807, 2.05) is 17.0 Å². The van der Waals surface area contributed by atoms with Crippen LogP contribution in [0.15, 0.2) is 24.3 Å². The fourth-order valence-electron chi connectivity index (χ4n) is 4.97. The summed E-state index contributed by atoms with van der Waals surface area (Å²) in [6.45, 7) is 4.68. The molecule has 2 aliphatic carbocycles. The number of hydrogen-bond donors (Lipinski definition) is 0. The van der Waals surface area contributed by atoms with Gasteiger partial charge in [-0.3, -0.25) is 14.5 Å². The smallest absolute Gasteiger partial charge is 0.227 e. The number of carbonyl (C=O) groups excluding carboxylic acids is 2. The van der Waals surface area contributed by atoms with Crippen LogP contribution in [0.2, 0.25) is 0 Å². The van der Waals surface area contributed by atoms with E-state index in [-0.39, 0.29) is 11.8 Å². The molecule has 2 atom stereocenters. The molecule has 0 bridgehead atoms. The van der Waals surface area contributed by atoms with Gasteiger partial charge in [-0.15, -0.1) is 0 Å². The van der Waals surface area contributed by atoms with E-state index < -0.39 is 0 Å². The van der Waals surface area contributed by atoms with Crippen LogP contribution in [0, 0.1) is 5.92 Å². The summed E-state index contributed by atoms with van der Waals surface area (Å²) in [6.07, 6.45) is 6.61. The van der Waals surface area contributed by atoms with E-state index in [4.69, 9.17) is 0 Å². The molecule has 0 radical (unpaired) electrons. The van der Waals surface area contributed by atoms with Gasteiger partial charge in [0.1, 0.15) is 0 Å². The molecule has 4 aliphatic rings. The van der Waals surface area contributed by atoms with Crippen LogP contribution in [-0.4, -0.2) is 60.4 Å². The third-order valence-corrected chi connectivity index (χ3v) is 7.01. The summed E-state index contributed by atoms with van der Waals surface area (Å²) >= 11 is 0. The molecular weight excluding hydrogens is 338 g/mol. The fourth-order valence-corrected chi connectivity index (χ4v) is 4.97. The highest BCUT2D eigenvalue weighted by atomic mass is 16.2. The van der Waals surface area contributed by atoms with Gasteiger partial charge < -0.3 is 9.80 Å². The van der Waals surface area contributed by atoms with Crippen LogP contribution in [0.5, 0.6) is 0 Å². The lowest BCUT2D eigenvalue weighted by atomic mass is 9.91. The lowest BCUT2D eigenvalue weighted by molar-refractivity contribution is -0.135. The molecule has 2 aliphatic heterocycles. The Morgan fingerprint density at radius 3 is 2.48 bits per heavy atom. The average molecular weight is 367 g/mol. The highest BCUT2D eigenvalue weighted by Gasteiger charge is 2.46. The topological polar surface area (TPSA) is 43.9 Å². The summed E-state index contributed by atoms with van der Waals surface area (Å²) in [5, 5.41) is 0. The summed E-state index contributed by atoms with van der Waals surface area (Å²) < 4.78 is 0. The molecule has 27 heavy (non-hydrogen) atoms. The van der Waals surface area contributed by atoms with Gasteiger partial charge in [0, 0.05) is 56.8 Å². The Balaban J connectivity index is 1.19. The van der Waals surface area contributed by atoms with Gasteiger partial charge in [0.15, 0.2) is 0 Å². The van der Waals surface area contributed by atoms with Crippen molar-refractivity contribution in [1.82, 2.24) is 9.80 Å². The van der Waals surface area contributed by atoms with Gasteiger partial charge >= 0.3 is 0 Å². The Morgan fingerprint density at radius 1 is 1.00 bits per heavy atom. The summed E-state index contributed by atoms with van der Waals surface area (Å²) in [5.41, 5.74) is 2.22. The first-order valence-electron chi connectivity index (χ1n) is 10.6. The molecule has 0 spiro atoms. The molecule has 2 saturated carbocycles. The lowest BCUT2D eigenvalue weighted by Gasteiger charge is -2.43. The zero-order valence-corrected chi connectivity index (χ0v) is 16.0. The van der Waals surface area contributed by atoms with Crippen molar-refractivity contribution in [3.8, 4) is 0 Å². The van der Waals surface area contributed by atoms with E-state index in [1.165, 1.54) is 24.8 Å². The second-order valence-electron chi connectivity index (χ2n) is 8.64. The first-order chi connectivity index (χ1) is 13.2. The normalized spacial score (nSPS) is 29.1. The number of nitrogens with zero attached hydrogens (tertiary/aromatic N) is 3. The number of hydrogen-bond acceptors (Lipinski definition) is 3. The van der Waals surface area contributed by atoms with Crippen molar-refractivity contribution in [3.05, 3.63) is 29.8 Å². The van der Waals surface area contributed by atoms with Gasteiger partial charge in [-0.05, 0) is 49.3 Å². The number of anilines is 1. The summed E-state index contributed by atoms with van der Waals surface area (Å²) in [5.74, 6) is 1.04. The Morgan fingerprint density at radius 2 is 1.81 bits per heavy atom. The van der Waals surface area contributed by atoms with Crippen LogP contribution < -0.4 is 4.90 Å². The molecule has 0 N–H and O–H groups in total. The van der Waals surface area contributed by atoms with E-state index >= 15 is 0 Å². The van der Waals surface area contributed by atoms with Crippen LogP contribution in [0.1, 0.15) is 50.0 Å². The molecule has 144 valence electrons. The highest BCUT2D eigenvalue weighted by molar-refractivity contribution is 5.95. The highest BCUT2D eigenvalue weighted by Crippen LogP contribution is 2.49.